The SMILES string of the molecule is C=CCCCCCCCCCOOCCCCCCCC(CCCCCCCCC)C(CCCCCCCCC)CCCCCCCOOCCCCCCCCCC=C. The molecule has 0 aliphatic carbocycles. The summed E-state index contributed by atoms with van der Waals surface area (Å²) in [5.41, 5.74) is 0. The molecule has 0 N–H and O–H groups in total. The summed E-state index contributed by atoms with van der Waals surface area (Å²) in [6, 6.07) is 0. The van der Waals surface area contributed by atoms with Crippen molar-refractivity contribution in [2.45, 2.75) is 296 Å². The quantitative estimate of drug-likeness (QED) is 0.0264. The molecule has 0 radical (unpaired) electrons. The van der Waals surface area contributed by atoms with Crippen LogP contribution in [0.3, 0.4) is 0 Å². The summed E-state index contributed by atoms with van der Waals surface area (Å²) in [6.07, 6.45) is 63.5. The van der Waals surface area contributed by atoms with Crippen molar-refractivity contribution in [2.24, 2.45) is 11.8 Å². The van der Waals surface area contributed by atoms with E-state index in [1.807, 2.05) is 12.2 Å². The highest BCUT2D eigenvalue weighted by Gasteiger charge is 2.21. The first-order valence-corrected chi connectivity index (χ1v) is 27.5. The Morgan fingerprint density at radius 1 is 0.267 bits per heavy atom. The molecule has 0 aliphatic rings. The van der Waals surface area contributed by atoms with E-state index in [-0.39, 0.29) is 0 Å². The van der Waals surface area contributed by atoms with Crippen LogP contribution in [0.25, 0.3) is 0 Å². The van der Waals surface area contributed by atoms with Gasteiger partial charge < -0.3 is 0 Å². The van der Waals surface area contributed by atoms with Gasteiger partial charge in [0.2, 0.25) is 0 Å². The molecule has 0 saturated carbocycles. The third kappa shape index (κ3) is 48.4. The molecule has 0 spiro atoms. The average Bonchev–Trinajstić information content (AvgIpc) is 3.26. The highest BCUT2D eigenvalue weighted by Crippen LogP contribution is 2.34. The van der Waals surface area contributed by atoms with E-state index in [2.05, 4.69) is 27.0 Å². The molecular weight excluding hydrogens is 737 g/mol. The summed E-state index contributed by atoms with van der Waals surface area (Å²) < 4.78 is 0. The Hall–Kier alpha value is -0.680. The maximum absolute atomic E-state index is 5.53. The lowest BCUT2D eigenvalue weighted by atomic mass is 9.78. The minimum atomic E-state index is 0.749. The lowest BCUT2D eigenvalue weighted by Gasteiger charge is -2.28. The van der Waals surface area contributed by atoms with Crippen LogP contribution in [0.2, 0.25) is 0 Å². The third-order valence-corrected chi connectivity index (χ3v) is 13.1. The van der Waals surface area contributed by atoms with Crippen LogP contribution in [-0.4, -0.2) is 26.4 Å². The summed E-state index contributed by atoms with van der Waals surface area (Å²) in [7, 11) is 0. The fourth-order valence-corrected chi connectivity index (χ4v) is 9.06. The van der Waals surface area contributed by atoms with Gasteiger partial charge in [0, 0.05) is 0 Å². The number of hydrogen-bond donors (Lipinski definition) is 0. The predicted octanol–water partition coefficient (Wildman–Crippen LogP) is 19.7. The van der Waals surface area contributed by atoms with Gasteiger partial charge in [0.25, 0.3) is 0 Å². The van der Waals surface area contributed by atoms with E-state index in [9.17, 15) is 0 Å². The highest BCUT2D eigenvalue weighted by molar-refractivity contribution is 4.73. The molecule has 60 heavy (non-hydrogen) atoms. The van der Waals surface area contributed by atoms with Gasteiger partial charge in [-0.1, -0.05) is 257 Å². The summed E-state index contributed by atoms with van der Waals surface area (Å²) >= 11 is 0. The van der Waals surface area contributed by atoms with Gasteiger partial charge in [-0.3, -0.25) is 0 Å². The molecule has 0 bridgehead atoms. The number of rotatable bonds is 55. The first-order valence-electron chi connectivity index (χ1n) is 27.5. The fourth-order valence-electron chi connectivity index (χ4n) is 9.06. The topological polar surface area (TPSA) is 36.9 Å². The van der Waals surface area contributed by atoms with Gasteiger partial charge in [0.1, 0.15) is 0 Å². The average molecular weight is 847 g/mol. The Bertz CT molecular complexity index is 721. The third-order valence-electron chi connectivity index (χ3n) is 13.1. The molecule has 0 rings (SSSR count). The lowest BCUT2D eigenvalue weighted by Crippen LogP contribution is -2.16. The number of unbranched alkanes of at least 4 members (excludes halogenated alkanes) is 34. The van der Waals surface area contributed by atoms with Crippen LogP contribution in [0.4, 0.5) is 0 Å². The first kappa shape index (κ1) is 59.3. The Morgan fingerprint density at radius 2 is 0.467 bits per heavy atom. The zero-order valence-electron chi connectivity index (χ0n) is 41.3. The molecule has 0 aromatic carbocycles. The zero-order chi connectivity index (χ0) is 43.3. The first-order chi connectivity index (χ1) is 29.8. The van der Waals surface area contributed by atoms with Crippen LogP contribution in [0.5, 0.6) is 0 Å². The van der Waals surface area contributed by atoms with Crippen molar-refractivity contribution in [3.8, 4) is 0 Å². The van der Waals surface area contributed by atoms with Gasteiger partial charge in [-0.25, -0.2) is 19.6 Å². The van der Waals surface area contributed by atoms with Gasteiger partial charge in [-0.15, -0.1) is 13.2 Å². The monoisotopic (exact) mass is 847 g/mol. The molecule has 2 atom stereocenters. The van der Waals surface area contributed by atoms with Crippen LogP contribution in [0.1, 0.15) is 296 Å². The minimum Gasteiger partial charge on any atom is -0.237 e. The van der Waals surface area contributed by atoms with Crippen molar-refractivity contribution in [1.29, 1.82) is 0 Å². The predicted molar refractivity (Wildman–Crippen MR) is 266 cm³/mol. The molecule has 0 aliphatic heterocycles. The number of allylic oxidation sites excluding steroid dienone is 2. The van der Waals surface area contributed by atoms with Gasteiger partial charge in [0.15, 0.2) is 0 Å². The summed E-state index contributed by atoms with van der Waals surface area (Å²) in [5, 5.41) is 0. The summed E-state index contributed by atoms with van der Waals surface area (Å²) in [4.78, 5) is 22.0. The molecule has 0 heterocycles. The van der Waals surface area contributed by atoms with Crippen molar-refractivity contribution in [1.82, 2.24) is 0 Å². The molecule has 358 valence electrons. The minimum absolute atomic E-state index is 0.749. The smallest absolute Gasteiger partial charge is 0.0822 e. The van der Waals surface area contributed by atoms with Crippen LogP contribution < -0.4 is 0 Å². The van der Waals surface area contributed by atoms with E-state index in [1.54, 1.807) is 0 Å². The molecule has 4 heteroatoms. The van der Waals surface area contributed by atoms with Gasteiger partial charge in [0.05, 0.1) is 26.4 Å². The Balaban J connectivity index is 4.50. The van der Waals surface area contributed by atoms with Crippen LogP contribution >= 0.6 is 0 Å². The molecule has 0 amide bonds. The number of hydrogen-bond acceptors (Lipinski definition) is 4. The van der Waals surface area contributed by atoms with Gasteiger partial charge in [-0.05, 0) is 63.2 Å². The van der Waals surface area contributed by atoms with Crippen LogP contribution in [0.15, 0.2) is 25.3 Å². The normalized spacial score (nSPS) is 12.6. The molecule has 0 saturated heterocycles. The Morgan fingerprint density at radius 3 is 0.700 bits per heavy atom. The second-order valence-corrected chi connectivity index (χ2v) is 18.8. The van der Waals surface area contributed by atoms with Crippen molar-refractivity contribution in [2.75, 3.05) is 26.4 Å². The second-order valence-electron chi connectivity index (χ2n) is 18.8. The Labute approximate surface area is 378 Å². The molecule has 0 aromatic heterocycles. The van der Waals surface area contributed by atoms with E-state index >= 15 is 0 Å². The van der Waals surface area contributed by atoms with Crippen LogP contribution in [-0.2, 0) is 19.6 Å². The van der Waals surface area contributed by atoms with E-state index in [0.29, 0.717) is 0 Å². The summed E-state index contributed by atoms with van der Waals surface area (Å²) in [6.45, 7) is 15.3. The van der Waals surface area contributed by atoms with Gasteiger partial charge >= 0.3 is 0 Å². The van der Waals surface area contributed by atoms with E-state index in [1.165, 1.54) is 257 Å². The maximum Gasteiger partial charge on any atom is 0.0822 e. The standard InChI is InChI=1S/C56H110O4/c1-5-9-13-17-21-23-27-35-43-51-57-59-53-45-37-29-33-41-49-55(47-39-31-25-19-15-11-7-3)56(48-40-32-26-20-16-12-8-4)50-42-34-30-38-46-54-60-58-52-44-36-28-24-22-18-14-10-6-2/h5-6,55-56H,1-2,7-54H2,3-4H3. The fraction of sp³-hybridized carbons (Fsp3) is 0.929. The van der Waals surface area contributed by atoms with Crippen molar-refractivity contribution >= 4 is 0 Å². The van der Waals surface area contributed by atoms with E-state index < -0.39 is 0 Å². The molecule has 4 nitrogen and oxygen atoms in total. The van der Waals surface area contributed by atoms with E-state index in [0.717, 1.165) is 63.9 Å². The van der Waals surface area contributed by atoms with Crippen molar-refractivity contribution < 1.29 is 19.6 Å². The molecule has 2 unspecified atom stereocenters. The van der Waals surface area contributed by atoms with Gasteiger partial charge in [-0.2, -0.15) is 0 Å². The Kier molecular flexibility index (Phi) is 53.8. The lowest BCUT2D eigenvalue weighted by molar-refractivity contribution is -0.295. The second kappa shape index (κ2) is 54.5. The van der Waals surface area contributed by atoms with Crippen molar-refractivity contribution in [3.63, 3.8) is 0 Å². The molecule has 0 aromatic rings. The molecule has 0 fully saturated rings. The van der Waals surface area contributed by atoms with Crippen molar-refractivity contribution in [3.05, 3.63) is 25.3 Å². The molecular formula is C56H110O4. The maximum atomic E-state index is 5.53. The highest BCUT2D eigenvalue weighted by atomic mass is 17.2. The zero-order valence-corrected chi connectivity index (χ0v) is 41.3. The van der Waals surface area contributed by atoms with Crippen LogP contribution in [0, 0.1) is 11.8 Å². The van der Waals surface area contributed by atoms with E-state index in [4.69, 9.17) is 19.6 Å². The largest absolute Gasteiger partial charge is 0.237 e. The summed E-state index contributed by atoms with van der Waals surface area (Å²) in [5.74, 6) is 1.87.